The Morgan fingerprint density at radius 3 is 2.56 bits per heavy atom. The zero-order valence-corrected chi connectivity index (χ0v) is 19.0. The lowest BCUT2D eigenvalue weighted by Crippen LogP contribution is -2.38. The summed E-state index contributed by atoms with van der Waals surface area (Å²) in [6, 6.07) is 6.58. The first-order chi connectivity index (χ1) is 12.6. The Balaban J connectivity index is 0.00000364. The van der Waals surface area contributed by atoms with Crippen LogP contribution in [0.4, 0.5) is 4.39 Å². The molecule has 0 radical (unpaired) electrons. The summed E-state index contributed by atoms with van der Waals surface area (Å²) in [5.74, 6) is 3.14. The molecule has 6 nitrogen and oxygen atoms in total. The molecule has 150 valence electrons. The van der Waals surface area contributed by atoms with Gasteiger partial charge in [-0.05, 0) is 36.4 Å². The molecule has 9 heteroatoms. The Labute approximate surface area is 181 Å². The molecule has 1 heterocycles. The average Bonchev–Trinajstić information content (AvgIpc) is 3.10. The van der Waals surface area contributed by atoms with Gasteiger partial charge >= 0.3 is 0 Å². The van der Waals surface area contributed by atoms with E-state index in [-0.39, 0.29) is 35.7 Å². The maximum atomic E-state index is 12.9. The van der Waals surface area contributed by atoms with E-state index < -0.39 is 0 Å². The monoisotopic (exact) mass is 507 g/mol. The molecule has 0 spiro atoms. The van der Waals surface area contributed by atoms with Crippen LogP contribution in [0.3, 0.4) is 0 Å². The van der Waals surface area contributed by atoms with Crippen LogP contribution in [0.5, 0.6) is 0 Å². The first-order valence-corrected chi connectivity index (χ1v) is 9.72. The normalized spacial score (nSPS) is 11.4. The van der Waals surface area contributed by atoms with Crippen molar-refractivity contribution in [3.05, 3.63) is 41.8 Å². The minimum Gasteiger partial charge on any atom is -0.356 e. The molecule has 0 unspecified atom stereocenters. The number of aromatic nitrogens is 2. The van der Waals surface area contributed by atoms with Gasteiger partial charge in [-0.1, -0.05) is 19.0 Å². The minimum atomic E-state index is -0.202. The van der Waals surface area contributed by atoms with Gasteiger partial charge in [-0.25, -0.2) is 4.39 Å². The van der Waals surface area contributed by atoms with Gasteiger partial charge in [-0.2, -0.15) is 4.98 Å². The predicted octanol–water partition coefficient (Wildman–Crippen LogP) is 3.84. The van der Waals surface area contributed by atoms with Crippen molar-refractivity contribution in [1.29, 1.82) is 0 Å². The Morgan fingerprint density at radius 1 is 1.22 bits per heavy atom. The standard InChI is InChI=1S/C18H26FN5OS.HI/c1-13(2)17-23-16(25-24-17)9-11-22-18(20-3)21-10-4-12-26-15-7-5-14(19)6-8-15;/h5-8,13H,4,9-12H2,1-3H3,(H2,20,21,22);1H. The van der Waals surface area contributed by atoms with Crippen molar-refractivity contribution in [2.45, 2.75) is 37.5 Å². The third kappa shape index (κ3) is 8.91. The molecule has 1 aromatic carbocycles. The second kappa shape index (κ2) is 12.9. The van der Waals surface area contributed by atoms with E-state index in [1.54, 1.807) is 30.9 Å². The molecule has 0 fully saturated rings. The van der Waals surface area contributed by atoms with Crippen molar-refractivity contribution in [2.75, 3.05) is 25.9 Å². The van der Waals surface area contributed by atoms with Gasteiger partial charge in [-0.15, -0.1) is 35.7 Å². The number of halogens is 2. The maximum absolute atomic E-state index is 12.9. The van der Waals surface area contributed by atoms with Crippen molar-refractivity contribution in [3.8, 4) is 0 Å². The Kier molecular flexibility index (Phi) is 11.3. The third-order valence-electron chi connectivity index (χ3n) is 3.55. The fraction of sp³-hybridized carbons (Fsp3) is 0.500. The molecule has 0 aliphatic rings. The van der Waals surface area contributed by atoms with E-state index >= 15 is 0 Å². The van der Waals surface area contributed by atoms with Gasteiger partial charge in [-0.3, -0.25) is 4.99 Å². The molecule has 0 saturated carbocycles. The first kappa shape index (κ1) is 23.7. The Hall–Kier alpha value is -1.36. The highest BCUT2D eigenvalue weighted by Gasteiger charge is 2.09. The molecule has 0 aliphatic heterocycles. The largest absolute Gasteiger partial charge is 0.356 e. The summed E-state index contributed by atoms with van der Waals surface area (Å²) in [7, 11) is 1.74. The van der Waals surface area contributed by atoms with Gasteiger partial charge in [0.2, 0.25) is 5.89 Å². The molecule has 2 N–H and O–H groups in total. The number of thioether (sulfide) groups is 1. The lowest BCUT2D eigenvalue weighted by molar-refractivity contribution is 0.371. The highest BCUT2D eigenvalue weighted by atomic mass is 127. The zero-order chi connectivity index (χ0) is 18.8. The van der Waals surface area contributed by atoms with E-state index in [4.69, 9.17) is 4.52 Å². The summed E-state index contributed by atoms with van der Waals surface area (Å²) in [4.78, 5) is 9.62. The van der Waals surface area contributed by atoms with Crippen LogP contribution in [0, 0.1) is 5.82 Å². The van der Waals surface area contributed by atoms with E-state index in [0.717, 1.165) is 35.4 Å². The lowest BCUT2D eigenvalue weighted by atomic mass is 10.2. The van der Waals surface area contributed by atoms with E-state index in [9.17, 15) is 4.39 Å². The highest BCUT2D eigenvalue weighted by molar-refractivity contribution is 14.0. The van der Waals surface area contributed by atoms with Crippen molar-refractivity contribution in [3.63, 3.8) is 0 Å². The third-order valence-corrected chi connectivity index (χ3v) is 4.65. The van der Waals surface area contributed by atoms with Crippen molar-refractivity contribution in [1.82, 2.24) is 20.8 Å². The van der Waals surface area contributed by atoms with Gasteiger partial charge in [0.15, 0.2) is 11.8 Å². The Bertz CT molecular complexity index is 693. The SMILES string of the molecule is CN=C(NCCCSc1ccc(F)cc1)NCCc1nc(C(C)C)no1.I. The summed E-state index contributed by atoms with van der Waals surface area (Å²) in [6.07, 6.45) is 1.63. The number of aliphatic imine (C=N–C) groups is 1. The number of nitrogens with zero attached hydrogens (tertiary/aromatic N) is 3. The molecular weight excluding hydrogens is 480 g/mol. The van der Waals surface area contributed by atoms with Gasteiger partial charge in [0.05, 0.1) is 0 Å². The molecule has 0 amide bonds. The fourth-order valence-electron chi connectivity index (χ4n) is 2.11. The summed E-state index contributed by atoms with van der Waals surface area (Å²) < 4.78 is 18.1. The molecule has 0 aliphatic carbocycles. The molecular formula is C18H27FIN5OS. The number of hydrogen-bond donors (Lipinski definition) is 2. The molecule has 0 atom stereocenters. The van der Waals surface area contributed by atoms with E-state index in [2.05, 4.69) is 25.8 Å². The van der Waals surface area contributed by atoms with E-state index in [0.29, 0.717) is 18.9 Å². The molecule has 0 saturated heterocycles. The molecule has 2 aromatic rings. The fourth-order valence-corrected chi connectivity index (χ4v) is 2.97. The van der Waals surface area contributed by atoms with Gasteiger partial charge < -0.3 is 15.2 Å². The zero-order valence-electron chi connectivity index (χ0n) is 15.9. The van der Waals surface area contributed by atoms with Crippen LogP contribution in [0.2, 0.25) is 0 Å². The molecule has 1 aromatic heterocycles. The average molecular weight is 507 g/mol. The van der Waals surface area contributed by atoms with Crippen LogP contribution in [0.15, 0.2) is 38.7 Å². The minimum absolute atomic E-state index is 0. The Morgan fingerprint density at radius 2 is 1.93 bits per heavy atom. The number of guanidine groups is 1. The first-order valence-electron chi connectivity index (χ1n) is 8.74. The van der Waals surface area contributed by atoms with Crippen molar-refractivity contribution < 1.29 is 8.91 Å². The molecule has 27 heavy (non-hydrogen) atoms. The summed E-state index contributed by atoms with van der Waals surface area (Å²) in [5, 5.41) is 10.5. The van der Waals surface area contributed by atoms with Crippen LogP contribution >= 0.6 is 35.7 Å². The van der Waals surface area contributed by atoms with Crippen molar-refractivity contribution >= 4 is 41.7 Å². The molecule has 0 bridgehead atoms. The van der Waals surface area contributed by atoms with E-state index in [1.807, 2.05) is 13.8 Å². The number of rotatable bonds is 9. The second-order valence-electron chi connectivity index (χ2n) is 6.03. The van der Waals surface area contributed by atoms with Gasteiger partial charge in [0.1, 0.15) is 5.82 Å². The summed E-state index contributed by atoms with van der Waals surface area (Å²) >= 11 is 1.71. The number of benzene rings is 1. The quantitative estimate of drug-likeness (QED) is 0.177. The van der Waals surface area contributed by atoms with Crippen LogP contribution in [-0.2, 0) is 6.42 Å². The number of hydrogen-bond acceptors (Lipinski definition) is 5. The van der Waals surface area contributed by atoms with Crippen LogP contribution in [0.1, 0.15) is 37.9 Å². The maximum Gasteiger partial charge on any atom is 0.228 e. The predicted molar refractivity (Wildman–Crippen MR) is 119 cm³/mol. The van der Waals surface area contributed by atoms with Crippen LogP contribution in [0.25, 0.3) is 0 Å². The van der Waals surface area contributed by atoms with Gasteiger partial charge in [0.25, 0.3) is 0 Å². The molecule has 2 rings (SSSR count). The summed E-state index contributed by atoms with van der Waals surface area (Å²) in [6.45, 7) is 5.55. The van der Waals surface area contributed by atoms with E-state index in [1.165, 1.54) is 12.1 Å². The van der Waals surface area contributed by atoms with Crippen LogP contribution < -0.4 is 10.6 Å². The second-order valence-corrected chi connectivity index (χ2v) is 7.20. The van der Waals surface area contributed by atoms with Gasteiger partial charge in [0, 0.05) is 37.4 Å². The highest BCUT2D eigenvalue weighted by Crippen LogP contribution is 2.18. The lowest BCUT2D eigenvalue weighted by Gasteiger charge is -2.10. The smallest absolute Gasteiger partial charge is 0.228 e. The van der Waals surface area contributed by atoms with Crippen molar-refractivity contribution in [2.24, 2.45) is 4.99 Å². The van der Waals surface area contributed by atoms with Crippen LogP contribution in [-0.4, -0.2) is 42.0 Å². The topological polar surface area (TPSA) is 75.3 Å². The summed E-state index contributed by atoms with van der Waals surface area (Å²) in [5.41, 5.74) is 0. The number of nitrogens with one attached hydrogen (secondary N) is 2.